The van der Waals surface area contributed by atoms with E-state index in [1.807, 2.05) is 0 Å². The Morgan fingerprint density at radius 2 is 2.16 bits per heavy atom. The molecule has 0 atom stereocenters. The Morgan fingerprint density at radius 3 is 2.84 bits per heavy atom. The normalized spacial score (nSPS) is 16.6. The number of hydrogen-bond donors (Lipinski definition) is 1. The van der Waals surface area contributed by atoms with Gasteiger partial charge in [0.1, 0.15) is 4.92 Å². The molecule has 0 unspecified atom stereocenters. The largest absolute Gasteiger partial charge is 0.433 e. The summed E-state index contributed by atoms with van der Waals surface area (Å²) in [5.74, 6) is 0.969. The number of nitrogens with zero attached hydrogens (tertiary/aromatic N) is 3. The van der Waals surface area contributed by atoms with E-state index in [2.05, 4.69) is 15.5 Å². The van der Waals surface area contributed by atoms with Gasteiger partial charge in [0.2, 0.25) is 0 Å². The van der Waals surface area contributed by atoms with Gasteiger partial charge in [-0.25, -0.2) is 0 Å². The van der Waals surface area contributed by atoms with E-state index in [0.717, 1.165) is 25.9 Å². The molecule has 0 bridgehead atoms. The van der Waals surface area contributed by atoms with Crippen molar-refractivity contribution in [2.24, 2.45) is 0 Å². The third-order valence-corrected chi connectivity index (χ3v) is 3.13. The monoisotopic (exact) mass is 264 g/mol. The van der Waals surface area contributed by atoms with Gasteiger partial charge in [-0.3, -0.25) is 10.1 Å². The van der Waals surface area contributed by atoms with Gasteiger partial charge >= 0.3 is 5.88 Å². The molecule has 0 aromatic carbocycles. The molecule has 0 aliphatic carbocycles. The zero-order chi connectivity index (χ0) is 13.2. The SMILES string of the molecule is O=[N+]([O-])c1ccc(-c2nc(C3CCNCC3)no2)o1. The highest BCUT2D eigenvalue weighted by Gasteiger charge is 2.23. The molecule has 0 amide bonds. The third-order valence-electron chi connectivity index (χ3n) is 3.13. The van der Waals surface area contributed by atoms with Crippen LogP contribution in [-0.4, -0.2) is 28.2 Å². The molecule has 3 heterocycles. The molecule has 0 radical (unpaired) electrons. The highest BCUT2D eigenvalue weighted by atomic mass is 16.6. The third kappa shape index (κ3) is 2.34. The second kappa shape index (κ2) is 4.81. The molecule has 19 heavy (non-hydrogen) atoms. The van der Waals surface area contributed by atoms with Gasteiger partial charge in [0.05, 0.1) is 6.07 Å². The van der Waals surface area contributed by atoms with Crippen molar-refractivity contribution in [2.45, 2.75) is 18.8 Å². The van der Waals surface area contributed by atoms with E-state index >= 15 is 0 Å². The van der Waals surface area contributed by atoms with Crippen molar-refractivity contribution < 1.29 is 13.9 Å². The molecule has 1 fully saturated rings. The van der Waals surface area contributed by atoms with Crippen LogP contribution in [0.1, 0.15) is 24.6 Å². The fourth-order valence-corrected chi connectivity index (χ4v) is 2.12. The zero-order valence-electron chi connectivity index (χ0n) is 10.0. The van der Waals surface area contributed by atoms with Crippen LogP contribution in [0.2, 0.25) is 0 Å². The molecule has 0 saturated carbocycles. The first-order valence-electron chi connectivity index (χ1n) is 6.03. The van der Waals surface area contributed by atoms with Crippen LogP contribution in [0.15, 0.2) is 21.1 Å². The Hall–Kier alpha value is -2.22. The van der Waals surface area contributed by atoms with Crippen molar-refractivity contribution in [3.05, 3.63) is 28.1 Å². The van der Waals surface area contributed by atoms with Crippen molar-refractivity contribution in [3.63, 3.8) is 0 Å². The lowest BCUT2D eigenvalue weighted by Gasteiger charge is -2.18. The summed E-state index contributed by atoms with van der Waals surface area (Å²) in [5, 5.41) is 17.7. The van der Waals surface area contributed by atoms with E-state index in [9.17, 15) is 10.1 Å². The molecule has 0 spiro atoms. The lowest BCUT2D eigenvalue weighted by Crippen LogP contribution is -2.27. The fraction of sp³-hybridized carbons (Fsp3) is 0.455. The molecular formula is C11H12N4O4. The van der Waals surface area contributed by atoms with Gasteiger partial charge in [-0.1, -0.05) is 5.16 Å². The second-order valence-corrected chi connectivity index (χ2v) is 4.38. The summed E-state index contributed by atoms with van der Waals surface area (Å²) in [6, 6.07) is 2.72. The van der Waals surface area contributed by atoms with Gasteiger partial charge in [0, 0.05) is 5.92 Å². The standard InChI is InChI=1S/C11H12N4O4/c16-15(17)9-2-1-8(18-9)11-13-10(14-19-11)7-3-5-12-6-4-7/h1-2,7,12H,3-6H2. The Morgan fingerprint density at radius 1 is 1.37 bits per heavy atom. The maximum Gasteiger partial charge on any atom is 0.433 e. The number of aromatic nitrogens is 2. The molecule has 8 nitrogen and oxygen atoms in total. The van der Waals surface area contributed by atoms with Crippen LogP contribution in [0, 0.1) is 10.1 Å². The minimum absolute atomic E-state index is 0.182. The Labute approximate surface area is 107 Å². The molecule has 1 saturated heterocycles. The highest BCUT2D eigenvalue weighted by molar-refractivity contribution is 5.46. The van der Waals surface area contributed by atoms with E-state index in [1.165, 1.54) is 12.1 Å². The minimum atomic E-state index is -0.604. The van der Waals surface area contributed by atoms with Gasteiger partial charge in [-0.05, 0) is 32.0 Å². The Kier molecular flexibility index (Phi) is 3.00. The summed E-state index contributed by atoms with van der Waals surface area (Å²) in [6.07, 6.45) is 1.91. The molecule has 8 heteroatoms. The van der Waals surface area contributed by atoms with Crippen molar-refractivity contribution in [1.29, 1.82) is 0 Å². The highest BCUT2D eigenvalue weighted by Crippen LogP contribution is 2.28. The topological polar surface area (TPSA) is 107 Å². The predicted molar refractivity (Wildman–Crippen MR) is 63.5 cm³/mol. The van der Waals surface area contributed by atoms with Crippen LogP contribution in [0.4, 0.5) is 5.88 Å². The first-order chi connectivity index (χ1) is 9.24. The number of nitrogens with one attached hydrogen (secondary N) is 1. The van der Waals surface area contributed by atoms with E-state index < -0.39 is 4.92 Å². The van der Waals surface area contributed by atoms with Crippen molar-refractivity contribution in [1.82, 2.24) is 15.5 Å². The van der Waals surface area contributed by atoms with Crippen LogP contribution in [0.25, 0.3) is 11.7 Å². The number of hydrogen-bond acceptors (Lipinski definition) is 7. The number of furan rings is 1. The summed E-state index contributed by atoms with van der Waals surface area (Å²) in [5.41, 5.74) is 0. The van der Waals surface area contributed by atoms with Gasteiger partial charge < -0.3 is 14.3 Å². The van der Waals surface area contributed by atoms with Crippen molar-refractivity contribution in [2.75, 3.05) is 13.1 Å². The summed E-state index contributed by atoms with van der Waals surface area (Å²) in [4.78, 5) is 14.2. The lowest BCUT2D eigenvalue weighted by atomic mass is 9.98. The van der Waals surface area contributed by atoms with Gasteiger partial charge in [-0.2, -0.15) is 4.98 Å². The zero-order valence-corrected chi connectivity index (χ0v) is 10.0. The van der Waals surface area contributed by atoms with E-state index in [0.29, 0.717) is 5.82 Å². The van der Waals surface area contributed by atoms with Crippen molar-refractivity contribution in [3.8, 4) is 11.7 Å². The second-order valence-electron chi connectivity index (χ2n) is 4.38. The summed E-state index contributed by atoms with van der Waals surface area (Å²) in [7, 11) is 0. The average molecular weight is 264 g/mol. The molecule has 1 N–H and O–H groups in total. The molecule has 3 rings (SSSR count). The van der Waals surface area contributed by atoms with Gasteiger partial charge in [0.25, 0.3) is 5.89 Å². The van der Waals surface area contributed by atoms with Crippen LogP contribution in [0.3, 0.4) is 0 Å². The molecule has 1 aliphatic rings. The van der Waals surface area contributed by atoms with Crippen LogP contribution < -0.4 is 5.32 Å². The number of rotatable bonds is 3. The van der Waals surface area contributed by atoms with Crippen LogP contribution >= 0.6 is 0 Å². The number of piperidine rings is 1. The lowest BCUT2D eigenvalue weighted by molar-refractivity contribution is -0.401. The summed E-state index contributed by atoms with van der Waals surface area (Å²) >= 11 is 0. The minimum Gasteiger partial charge on any atom is -0.395 e. The molecule has 1 aliphatic heterocycles. The first kappa shape index (κ1) is 11.8. The predicted octanol–water partition coefficient (Wildman–Crippen LogP) is 1.70. The Bertz CT molecular complexity index is 585. The van der Waals surface area contributed by atoms with Crippen LogP contribution in [0.5, 0.6) is 0 Å². The van der Waals surface area contributed by atoms with E-state index in [4.69, 9.17) is 8.94 Å². The molecule has 2 aromatic rings. The van der Waals surface area contributed by atoms with E-state index in [-0.39, 0.29) is 23.5 Å². The van der Waals surface area contributed by atoms with E-state index in [1.54, 1.807) is 0 Å². The number of nitro groups is 1. The van der Waals surface area contributed by atoms with Gasteiger partial charge in [0.15, 0.2) is 11.6 Å². The smallest absolute Gasteiger partial charge is 0.395 e. The average Bonchev–Trinajstić information content (AvgIpc) is 3.09. The maximum atomic E-state index is 10.5. The van der Waals surface area contributed by atoms with Gasteiger partial charge in [-0.15, -0.1) is 0 Å². The maximum absolute atomic E-state index is 10.5. The summed E-state index contributed by atoms with van der Waals surface area (Å²) < 4.78 is 10.1. The first-order valence-corrected chi connectivity index (χ1v) is 6.03. The van der Waals surface area contributed by atoms with Crippen molar-refractivity contribution >= 4 is 5.88 Å². The van der Waals surface area contributed by atoms with Crippen LogP contribution in [-0.2, 0) is 0 Å². The fourth-order valence-electron chi connectivity index (χ4n) is 2.12. The Balaban J connectivity index is 1.81. The summed E-state index contributed by atoms with van der Waals surface area (Å²) in [6.45, 7) is 1.86. The molecule has 100 valence electrons. The molecular weight excluding hydrogens is 252 g/mol. The molecule has 2 aromatic heterocycles. The quantitative estimate of drug-likeness (QED) is 0.664.